The van der Waals surface area contributed by atoms with Crippen LogP contribution >= 0.6 is 34.2 Å². The van der Waals surface area contributed by atoms with E-state index in [-0.39, 0.29) is 5.75 Å². The fraction of sp³-hybridized carbons (Fsp3) is 0.0476. The lowest BCUT2D eigenvalue weighted by molar-refractivity contribution is -0.136. The first-order valence-corrected chi connectivity index (χ1v) is 9.73. The molecule has 0 aliphatic carbocycles. The van der Waals surface area contributed by atoms with E-state index in [0.29, 0.717) is 25.3 Å². The van der Waals surface area contributed by atoms with Crippen molar-refractivity contribution in [1.82, 2.24) is 5.43 Å². The smallest absolute Gasteiger partial charge is 0.281 e. The van der Waals surface area contributed by atoms with Gasteiger partial charge in [-0.15, -0.1) is 0 Å². The van der Waals surface area contributed by atoms with Crippen molar-refractivity contribution in [3.8, 4) is 5.75 Å². The Morgan fingerprint density at radius 3 is 2.11 bits per heavy atom. The highest BCUT2D eigenvalue weighted by Crippen LogP contribution is 2.30. The summed E-state index contributed by atoms with van der Waals surface area (Å²) in [5, 5.41) is 25.7. The molecule has 0 radical (unpaired) electrons. The van der Waals surface area contributed by atoms with E-state index in [4.69, 9.17) is 11.6 Å². The highest BCUT2D eigenvalue weighted by Gasteiger charge is 2.39. The molecule has 0 aromatic heterocycles. The Morgan fingerprint density at radius 2 is 1.57 bits per heavy atom. The molecule has 7 heteroatoms. The Balaban J connectivity index is 1.91. The first kappa shape index (κ1) is 20.3. The van der Waals surface area contributed by atoms with Crippen molar-refractivity contribution in [1.29, 1.82) is 0 Å². The van der Waals surface area contributed by atoms with Crippen molar-refractivity contribution >= 4 is 46.3 Å². The molecular weight excluding hydrogens is 491 g/mol. The quantitative estimate of drug-likeness (QED) is 0.278. The zero-order chi connectivity index (χ0) is 20.1. The number of phenols is 1. The number of benzene rings is 3. The molecule has 0 spiro atoms. The van der Waals surface area contributed by atoms with Crippen molar-refractivity contribution < 1.29 is 15.0 Å². The van der Waals surface area contributed by atoms with Gasteiger partial charge in [0.05, 0.1) is 9.78 Å². The summed E-state index contributed by atoms with van der Waals surface area (Å²) in [6.07, 6.45) is 1.28. The van der Waals surface area contributed by atoms with E-state index in [2.05, 4.69) is 10.5 Å². The van der Waals surface area contributed by atoms with Crippen LogP contribution in [0.1, 0.15) is 16.7 Å². The predicted octanol–water partition coefficient (Wildman–Crippen LogP) is 4.04. The standard InChI is InChI=1S/C21H16ClIN2O3/c22-17-11-14(19(26)18(23)12-17)13-24-25-20(27)21(28,15-7-3-1-4-8-15)16-9-5-2-6-10-16/h1-13,26,28H,(H,25,27)/b24-13+. The summed E-state index contributed by atoms with van der Waals surface area (Å²) in [7, 11) is 0. The molecule has 28 heavy (non-hydrogen) atoms. The topological polar surface area (TPSA) is 81.9 Å². The van der Waals surface area contributed by atoms with Crippen molar-refractivity contribution in [3.05, 3.63) is 98.1 Å². The maximum Gasteiger partial charge on any atom is 0.281 e. The number of aliphatic hydroxyl groups is 1. The third-order valence-corrected chi connectivity index (χ3v) is 5.18. The van der Waals surface area contributed by atoms with Crippen LogP contribution in [0.2, 0.25) is 5.02 Å². The lowest BCUT2D eigenvalue weighted by atomic mass is 9.85. The molecule has 1 amide bonds. The number of carbonyl (C=O) groups excluding carboxylic acids is 1. The minimum Gasteiger partial charge on any atom is -0.506 e. The Morgan fingerprint density at radius 1 is 1.04 bits per heavy atom. The highest BCUT2D eigenvalue weighted by molar-refractivity contribution is 14.1. The summed E-state index contributed by atoms with van der Waals surface area (Å²) < 4.78 is 0.558. The third kappa shape index (κ3) is 4.19. The number of halogens is 2. The predicted molar refractivity (Wildman–Crippen MR) is 117 cm³/mol. The molecule has 5 nitrogen and oxygen atoms in total. The monoisotopic (exact) mass is 506 g/mol. The number of hydrogen-bond acceptors (Lipinski definition) is 4. The molecule has 0 unspecified atom stereocenters. The summed E-state index contributed by atoms with van der Waals surface area (Å²) in [4.78, 5) is 12.9. The fourth-order valence-corrected chi connectivity index (χ4v) is 3.77. The summed E-state index contributed by atoms with van der Waals surface area (Å²) in [6.45, 7) is 0. The van der Waals surface area contributed by atoms with Gasteiger partial charge >= 0.3 is 0 Å². The second-order valence-electron chi connectivity index (χ2n) is 5.97. The van der Waals surface area contributed by atoms with Gasteiger partial charge in [0, 0.05) is 10.6 Å². The SMILES string of the molecule is O=C(N/N=C/c1cc(Cl)cc(I)c1O)C(O)(c1ccccc1)c1ccccc1. The van der Waals surface area contributed by atoms with Gasteiger partial charge in [0.15, 0.2) is 5.60 Å². The van der Waals surface area contributed by atoms with Gasteiger partial charge in [-0.25, -0.2) is 5.43 Å². The minimum atomic E-state index is -1.93. The van der Waals surface area contributed by atoms with E-state index in [1.165, 1.54) is 12.3 Å². The largest absolute Gasteiger partial charge is 0.506 e. The van der Waals surface area contributed by atoms with Gasteiger partial charge < -0.3 is 10.2 Å². The second kappa shape index (κ2) is 8.72. The number of amides is 1. The Kier molecular flexibility index (Phi) is 6.33. The number of hydrogen-bond donors (Lipinski definition) is 3. The van der Waals surface area contributed by atoms with E-state index < -0.39 is 11.5 Å². The van der Waals surface area contributed by atoms with E-state index in [1.807, 2.05) is 22.6 Å². The third-order valence-electron chi connectivity index (χ3n) is 4.14. The molecule has 0 fully saturated rings. The minimum absolute atomic E-state index is 0.00406. The number of hydrazone groups is 1. The summed E-state index contributed by atoms with van der Waals surface area (Å²) >= 11 is 7.94. The lowest BCUT2D eigenvalue weighted by Gasteiger charge is -2.27. The van der Waals surface area contributed by atoms with Crippen LogP contribution < -0.4 is 5.43 Å². The van der Waals surface area contributed by atoms with Crippen molar-refractivity contribution in [2.75, 3.05) is 0 Å². The molecule has 0 saturated carbocycles. The van der Waals surface area contributed by atoms with E-state index in [0.717, 1.165) is 0 Å². The number of phenolic OH excluding ortho intramolecular Hbond substituents is 1. The normalized spacial score (nSPS) is 11.5. The van der Waals surface area contributed by atoms with Gasteiger partial charge in [-0.1, -0.05) is 72.3 Å². The molecule has 142 valence electrons. The van der Waals surface area contributed by atoms with Crippen LogP contribution in [0.25, 0.3) is 0 Å². The number of aromatic hydroxyl groups is 1. The molecule has 0 heterocycles. The first-order valence-electron chi connectivity index (χ1n) is 8.28. The van der Waals surface area contributed by atoms with Crippen LogP contribution in [0.15, 0.2) is 77.9 Å². The zero-order valence-electron chi connectivity index (χ0n) is 14.5. The number of rotatable bonds is 5. The zero-order valence-corrected chi connectivity index (χ0v) is 17.4. The Bertz CT molecular complexity index is 971. The van der Waals surface area contributed by atoms with Crippen LogP contribution in [0.3, 0.4) is 0 Å². The average molecular weight is 507 g/mol. The van der Waals surface area contributed by atoms with E-state index in [9.17, 15) is 15.0 Å². The average Bonchev–Trinajstić information content (AvgIpc) is 2.72. The highest BCUT2D eigenvalue weighted by atomic mass is 127. The molecule has 0 saturated heterocycles. The van der Waals surface area contributed by atoms with Crippen molar-refractivity contribution in [2.45, 2.75) is 5.60 Å². The number of nitrogens with zero attached hydrogens (tertiary/aromatic N) is 1. The summed E-state index contributed by atoms with van der Waals surface area (Å²) in [6, 6.07) is 20.4. The Hall–Kier alpha value is -2.42. The molecule has 0 aliphatic rings. The summed E-state index contributed by atoms with van der Waals surface area (Å²) in [5.74, 6) is -0.721. The maximum atomic E-state index is 12.9. The van der Waals surface area contributed by atoms with Crippen LogP contribution in [0, 0.1) is 3.57 Å². The fourth-order valence-electron chi connectivity index (χ4n) is 2.71. The second-order valence-corrected chi connectivity index (χ2v) is 7.57. The van der Waals surface area contributed by atoms with Gasteiger partial charge in [0.1, 0.15) is 5.75 Å². The van der Waals surface area contributed by atoms with Gasteiger partial charge in [0.25, 0.3) is 5.91 Å². The molecule has 3 N–H and O–H groups in total. The van der Waals surface area contributed by atoms with Crippen LogP contribution in [-0.2, 0) is 10.4 Å². The van der Waals surface area contributed by atoms with Crippen LogP contribution in [-0.4, -0.2) is 22.3 Å². The van der Waals surface area contributed by atoms with Gasteiger partial charge in [-0.2, -0.15) is 5.10 Å². The van der Waals surface area contributed by atoms with E-state index >= 15 is 0 Å². The molecule has 0 aliphatic heterocycles. The van der Waals surface area contributed by atoms with Gasteiger partial charge in [-0.05, 0) is 45.9 Å². The van der Waals surface area contributed by atoms with Crippen molar-refractivity contribution in [2.24, 2.45) is 5.10 Å². The number of carbonyl (C=O) groups is 1. The molecular formula is C21H16ClIN2O3. The molecule has 0 atom stereocenters. The maximum absolute atomic E-state index is 12.9. The Labute approximate surface area is 180 Å². The van der Waals surface area contributed by atoms with E-state index in [1.54, 1.807) is 66.7 Å². The molecule has 0 bridgehead atoms. The summed E-state index contributed by atoms with van der Waals surface area (Å²) in [5.41, 5.74) is 1.60. The van der Waals surface area contributed by atoms with Gasteiger partial charge in [-0.3, -0.25) is 4.79 Å². The molecule has 3 aromatic rings. The number of nitrogens with one attached hydrogen (secondary N) is 1. The van der Waals surface area contributed by atoms with Crippen LogP contribution in [0.5, 0.6) is 5.75 Å². The first-order chi connectivity index (χ1) is 13.4. The van der Waals surface area contributed by atoms with Gasteiger partial charge in [0.2, 0.25) is 0 Å². The van der Waals surface area contributed by atoms with Crippen molar-refractivity contribution in [3.63, 3.8) is 0 Å². The van der Waals surface area contributed by atoms with Crippen LogP contribution in [0.4, 0.5) is 0 Å². The molecule has 3 rings (SSSR count). The molecule has 3 aromatic carbocycles. The lowest BCUT2D eigenvalue weighted by Crippen LogP contribution is -2.43.